The van der Waals surface area contributed by atoms with E-state index in [1.807, 2.05) is 0 Å². The van der Waals surface area contributed by atoms with Crippen LogP contribution >= 0.6 is 0 Å². The van der Waals surface area contributed by atoms with Crippen molar-refractivity contribution in [2.24, 2.45) is 0 Å². The lowest BCUT2D eigenvalue weighted by Gasteiger charge is -2.07. The molecule has 0 saturated heterocycles. The Morgan fingerprint density at radius 2 is 1.68 bits per heavy atom. The zero-order valence-corrected chi connectivity index (χ0v) is 13.7. The molecular weight excluding hydrogens is 330 g/mol. The molecule has 1 aromatic carbocycles. The van der Waals surface area contributed by atoms with Crippen LogP contribution in [-0.2, 0) is 23.9 Å². The summed E-state index contributed by atoms with van der Waals surface area (Å²) in [6.45, 7) is 0.803. The molecule has 8 heteroatoms. The molecular formula is C17H21NO7. The molecule has 0 spiro atoms. The number of hydrogen-bond donors (Lipinski definition) is 2. The first kappa shape index (κ1) is 20.3. The lowest BCUT2D eigenvalue weighted by atomic mass is 10.1. The molecule has 0 fully saturated rings. The highest BCUT2D eigenvalue weighted by Crippen LogP contribution is 2.01. The van der Waals surface area contributed by atoms with Crippen molar-refractivity contribution in [3.8, 4) is 0 Å². The molecule has 0 atom stereocenters. The number of carboxylic acids is 1. The van der Waals surface area contributed by atoms with Crippen molar-refractivity contribution in [3.63, 3.8) is 0 Å². The third-order valence-corrected chi connectivity index (χ3v) is 3.04. The van der Waals surface area contributed by atoms with Gasteiger partial charge in [0.05, 0.1) is 13.0 Å². The molecule has 1 rings (SSSR count). The van der Waals surface area contributed by atoms with E-state index in [9.17, 15) is 19.2 Å². The van der Waals surface area contributed by atoms with Gasteiger partial charge < -0.3 is 19.9 Å². The summed E-state index contributed by atoms with van der Waals surface area (Å²) in [5.74, 6) is -2.97. The quantitative estimate of drug-likeness (QED) is 0.247. The minimum Gasteiger partial charge on any atom is -0.481 e. The minimum atomic E-state index is -1.02. The van der Waals surface area contributed by atoms with E-state index in [-0.39, 0.29) is 37.5 Å². The number of ether oxygens (including phenoxy) is 2. The Labute approximate surface area is 145 Å². The van der Waals surface area contributed by atoms with E-state index in [0.29, 0.717) is 19.6 Å². The van der Waals surface area contributed by atoms with Crippen molar-refractivity contribution in [1.82, 2.24) is 5.32 Å². The molecule has 25 heavy (non-hydrogen) atoms. The maximum Gasteiger partial charge on any atom is 0.379 e. The fraction of sp³-hybridized carbons (Fsp3) is 0.412. The van der Waals surface area contributed by atoms with Crippen LogP contribution in [0.4, 0.5) is 0 Å². The molecule has 0 saturated carbocycles. The number of amides is 1. The number of carboxylic acid groups (broad SMARTS) is 1. The first-order chi connectivity index (χ1) is 12.0. The van der Waals surface area contributed by atoms with Gasteiger partial charge in [-0.05, 0) is 6.42 Å². The van der Waals surface area contributed by atoms with Gasteiger partial charge in [0.15, 0.2) is 0 Å². The lowest BCUT2D eigenvalue weighted by Crippen LogP contribution is -2.25. The summed E-state index contributed by atoms with van der Waals surface area (Å²) < 4.78 is 10.0. The summed E-state index contributed by atoms with van der Waals surface area (Å²) in [5.41, 5.74) is 0.270. The predicted octanol–water partition coefficient (Wildman–Crippen LogP) is 0.800. The maximum atomic E-state index is 11.7. The van der Waals surface area contributed by atoms with Gasteiger partial charge in [-0.15, -0.1) is 0 Å². The average Bonchev–Trinajstić information content (AvgIpc) is 2.62. The lowest BCUT2D eigenvalue weighted by molar-refractivity contribution is -0.139. The molecule has 2 N–H and O–H groups in total. The average molecular weight is 351 g/mol. The van der Waals surface area contributed by atoms with Gasteiger partial charge in [0, 0.05) is 25.1 Å². The molecule has 0 aliphatic carbocycles. The van der Waals surface area contributed by atoms with Gasteiger partial charge >= 0.3 is 11.9 Å². The number of aliphatic carboxylic acids is 1. The molecule has 0 bridgehead atoms. The van der Waals surface area contributed by atoms with E-state index >= 15 is 0 Å². The van der Waals surface area contributed by atoms with Crippen LogP contribution in [0.1, 0.15) is 29.6 Å². The van der Waals surface area contributed by atoms with Gasteiger partial charge in [0.1, 0.15) is 6.61 Å². The number of hydrogen-bond acceptors (Lipinski definition) is 6. The number of carbonyl (C=O) groups excluding carboxylic acids is 3. The summed E-state index contributed by atoms with van der Waals surface area (Å²) in [4.78, 5) is 44.8. The van der Waals surface area contributed by atoms with Crippen molar-refractivity contribution in [1.29, 1.82) is 0 Å². The van der Waals surface area contributed by atoms with Crippen LogP contribution in [-0.4, -0.2) is 55.1 Å². The smallest absolute Gasteiger partial charge is 0.379 e. The highest BCUT2D eigenvalue weighted by Gasteiger charge is 2.16. The molecule has 0 radical (unpaired) electrons. The summed E-state index contributed by atoms with van der Waals surface area (Å²) in [7, 11) is 0. The molecule has 1 aromatic rings. The third-order valence-electron chi connectivity index (χ3n) is 3.04. The van der Waals surface area contributed by atoms with Crippen LogP contribution in [0.5, 0.6) is 0 Å². The van der Waals surface area contributed by atoms with Crippen LogP contribution in [0.25, 0.3) is 0 Å². The van der Waals surface area contributed by atoms with Crippen molar-refractivity contribution < 1.29 is 33.8 Å². The van der Waals surface area contributed by atoms with Crippen molar-refractivity contribution >= 4 is 23.6 Å². The molecule has 0 aromatic heterocycles. The fourth-order valence-corrected chi connectivity index (χ4v) is 1.78. The van der Waals surface area contributed by atoms with Gasteiger partial charge in [-0.3, -0.25) is 14.4 Å². The first-order valence-corrected chi connectivity index (χ1v) is 7.83. The monoisotopic (exact) mass is 351 g/mol. The van der Waals surface area contributed by atoms with Gasteiger partial charge in [-0.2, -0.15) is 0 Å². The summed E-state index contributed by atoms with van der Waals surface area (Å²) >= 11 is 0. The van der Waals surface area contributed by atoms with E-state index in [0.717, 1.165) is 0 Å². The van der Waals surface area contributed by atoms with E-state index in [1.165, 1.54) is 12.1 Å². The first-order valence-electron chi connectivity index (χ1n) is 7.83. The molecule has 0 aliphatic rings. The Bertz CT molecular complexity index is 586. The molecule has 0 aliphatic heterocycles. The number of esters is 1. The second-order valence-electron chi connectivity index (χ2n) is 5.04. The van der Waals surface area contributed by atoms with E-state index < -0.39 is 17.7 Å². The summed E-state index contributed by atoms with van der Waals surface area (Å²) in [5, 5.41) is 11.0. The van der Waals surface area contributed by atoms with E-state index in [2.05, 4.69) is 5.32 Å². The maximum absolute atomic E-state index is 11.7. The van der Waals surface area contributed by atoms with Crippen molar-refractivity contribution in [2.45, 2.75) is 19.3 Å². The number of benzene rings is 1. The van der Waals surface area contributed by atoms with Crippen molar-refractivity contribution in [2.75, 3.05) is 26.4 Å². The van der Waals surface area contributed by atoms with Crippen LogP contribution in [0.3, 0.4) is 0 Å². The van der Waals surface area contributed by atoms with Crippen LogP contribution < -0.4 is 5.32 Å². The topological polar surface area (TPSA) is 119 Å². The number of nitrogens with one attached hydrogen (secondary N) is 1. The number of Topliss-reactive ketones (excluding diaryl/α,β-unsaturated/α-hetero) is 1. The standard InChI is InChI=1S/C17H21NO7/c19-14(7-8-15(20)21)18-9-4-10-24-11-12-25-17(23)16(22)13-5-2-1-3-6-13/h1-3,5-6H,4,7-12H2,(H,18,19)(H,20,21). The Hall–Kier alpha value is -2.74. The molecule has 0 heterocycles. The SMILES string of the molecule is O=C(O)CCC(=O)NCCCOCCOC(=O)C(=O)c1ccccc1. The Morgan fingerprint density at radius 1 is 0.960 bits per heavy atom. The van der Waals surface area contributed by atoms with Gasteiger partial charge in [0.2, 0.25) is 5.91 Å². The minimum absolute atomic E-state index is 0.0393. The summed E-state index contributed by atoms with van der Waals surface area (Å²) in [6.07, 6.45) is 0.284. The zero-order valence-electron chi connectivity index (χ0n) is 13.7. The number of rotatable bonds is 12. The molecule has 1 amide bonds. The Balaban J connectivity index is 2.01. The number of ketones is 1. The van der Waals surface area contributed by atoms with Crippen LogP contribution in [0.2, 0.25) is 0 Å². The normalized spacial score (nSPS) is 10.1. The Morgan fingerprint density at radius 3 is 2.36 bits per heavy atom. The molecule has 0 unspecified atom stereocenters. The van der Waals surface area contributed by atoms with Gasteiger partial charge in [-0.25, -0.2) is 4.79 Å². The van der Waals surface area contributed by atoms with Crippen molar-refractivity contribution in [3.05, 3.63) is 35.9 Å². The third kappa shape index (κ3) is 9.21. The predicted molar refractivity (Wildman–Crippen MR) is 87.0 cm³/mol. The van der Waals surface area contributed by atoms with Crippen LogP contribution in [0, 0.1) is 0 Å². The van der Waals surface area contributed by atoms with Gasteiger partial charge in [-0.1, -0.05) is 30.3 Å². The second-order valence-corrected chi connectivity index (χ2v) is 5.04. The van der Waals surface area contributed by atoms with E-state index in [1.54, 1.807) is 18.2 Å². The molecule has 136 valence electrons. The highest BCUT2D eigenvalue weighted by molar-refractivity contribution is 6.40. The van der Waals surface area contributed by atoms with Gasteiger partial charge in [0.25, 0.3) is 5.78 Å². The largest absolute Gasteiger partial charge is 0.481 e. The number of carbonyl (C=O) groups is 4. The molecule has 8 nitrogen and oxygen atoms in total. The Kier molecular flexibility index (Phi) is 9.54. The fourth-order valence-electron chi connectivity index (χ4n) is 1.78. The van der Waals surface area contributed by atoms with E-state index in [4.69, 9.17) is 14.6 Å². The second kappa shape index (κ2) is 11.7. The highest BCUT2D eigenvalue weighted by atomic mass is 16.6. The zero-order chi connectivity index (χ0) is 18.5. The summed E-state index contributed by atoms with van der Waals surface area (Å²) in [6, 6.07) is 8.12. The van der Waals surface area contributed by atoms with Crippen LogP contribution in [0.15, 0.2) is 30.3 Å².